The summed E-state index contributed by atoms with van der Waals surface area (Å²) in [5, 5.41) is 13.3. The number of benzene rings is 2. The van der Waals surface area contributed by atoms with Crippen LogP contribution in [0.1, 0.15) is 36.9 Å². The van der Waals surface area contributed by atoms with Crippen LogP contribution in [-0.4, -0.2) is 64.4 Å². The Labute approximate surface area is 224 Å². The van der Waals surface area contributed by atoms with Gasteiger partial charge in [-0.1, -0.05) is 30.3 Å². The summed E-state index contributed by atoms with van der Waals surface area (Å²) in [7, 11) is 0. The number of anilines is 1. The largest absolute Gasteiger partial charge is 0.342 e. The van der Waals surface area contributed by atoms with Gasteiger partial charge in [0.15, 0.2) is 0 Å². The lowest BCUT2D eigenvalue weighted by molar-refractivity contribution is -0.119. The highest BCUT2D eigenvalue weighted by atomic mass is 35.5. The number of carbonyl (C=O) groups is 3. The molecule has 1 fully saturated rings. The zero-order chi connectivity index (χ0) is 25.1. The van der Waals surface area contributed by atoms with Crippen molar-refractivity contribution in [2.75, 3.05) is 31.5 Å². The number of carbonyl (C=O) groups excluding carboxylic acids is 3. The first kappa shape index (κ1) is 26.1. The fourth-order valence-corrected chi connectivity index (χ4v) is 5.04. The Balaban J connectivity index is 0.00000320. The zero-order valence-electron chi connectivity index (χ0n) is 20.1. The number of nitrogens with one attached hydrogen (secondary N) is 2. The number of thiophene rings is 1. The van der Waals surface area contributed by atoms with Gasteiger partial charge in [-0.05, 0) is 53.8 Å². The van der Waals surface area contributed by atoms with Crippen molar-refractivity contribution in [3.05, 3.63) is 81.2 Å². The zero-order valence-corrected chi connectivity index (χ0v) is 21.8. The van der Waals surface area contributed by atoms with E-state index in [4.69, 9.17) is 0 Å². The van der Waals surface area contributed by atoms with E-state index in [9.17, 15) is 14.4 Å². The second-order valence-electron chi connectivity index (χ2n) is 8.61. The molecule has 2 aromatic carbocycles. The fourth-order valence-electron chi connectivity index (χ4n) is 4.22. The quantitative estimate of drug-likeness (QED) is 0.350. The fraction of sp³-hybridized carbons (Fsp3) is 0.185. The number of aromatic nitrogens is 2. The topological polar surface area (TPSA) is 98.4 Å². The van der Waals surface area contributed by atoms with Crippen LogP contribution in [0.2, 0.25) is 0 Å². The minimum absolute atomic E-state index is 0. The summed E-state index contributed by atoms with van der Waals surface area (Å²) in [6, 6.07) is 15.1. The molecule has 1 aliphatic rings. The highest BCUT2D eigenvalue weighted by molar-refractivity contribution is 7.12. The number of fused-ring (bicyclic) bond motifs is 1. The van der Waals surface area contributed by atoms with Gasteiger partial charge in [0.25, 0.3) is 11.8 Å². The van der Waals surface area contributed by atoms with Gasteiger partial charge >= 0.3 is 0 Å². The monoisotopic (exact) mass is 535 g/mol. The average Bonchev–Trinajstić information content (AvgIpc) is 3.53. The summed E-state index contributed by atoms with van der Waals surface area (Å²) in [4.78, 5) is 41.2. The Hall–Kier alpha value is -3.95. The van der Waals surface area contributed by atoms with Gasteiger partial charge in [-0.15, -0.1) is 23.7 Å². The van der Waals surface area contributed by atoms with E-state index < -0.39 is 0 Å². The van der Waals surface area contributed by atoms with Gasteiger partial charge in [-0.2, -0.15) is 5.10 Å². The molecular weight excluding hydrogens is 510 g/mol. The van der Waals surface area contributed by atoms with Crippen molar-refractivity contribution in [1.82, 2.24) is 20.0 Å². The Bertz CT molecular complexity index is 1470. The molecule has 2 aromatic heterocycles. The smallest absolute Gasteiger partial charge is 0.266 e. The Kier molecular flexibility index (Phi) is 8.05. The molecule has 10 heteroatoms. The van der Waals surface area contributed by atoms with Crippen LogP contribution >= 0.6 is 23.7 Å². The van der Waals surface area contributed by atoms with E-state index in [2.05, 4.69) is 15.5 Å². The molecule has 0 bridgehead atoms. The van der Waals surface area contributed by atoms with Crippen molar-refractivity contribution in [3.8, 4) is 0 Å². The van der Waals surface area contributed by atoms with Crippen molar-refractivity contribution >= 4 is 70.7 Å². The molecule has 0 atom stereocenters. The minimum atomic E-state index is -0.216. The molecule has 0 saturated carbocycles. The summed E-state index contributed by atoms with van der Waals surface area (Å²) in [6.45, 7) is 3.86. The number of para-hydroxylation sites is 1. The van der Waals surface area contributed by atoms with Crippen molar-refractivity contribution in [2.24, 2.45) is 0 Å². The Morgan fingerprint density at radius 3 is 2.57 bits per heavy atom. The van der Waals surface area contributed by atoms with Crippen LogP contribution in [0.5, 0.6) is 0 Å². The second kappa shape index (κ2) is 11.4. The molecule has 8 nitrogen and oxygen atoms in total. The van der Waals surface area contributed by atoms with Crippen LogP contribution in [0, 0.1) is 6.92 Å². The number of piperazine rings is 1. The number of aromatic amines is 1. The van der Waals surface area contributed by atoms with Crippen LogP contribution in [-0.2, 0) is 4.79 Å². The first-order chi connectivity index (χ1) is 17.5. The van der Waals surface area contributed by atoms with Crippen molar-refractivity contribution in [3.63, 3.8) is 0 Å². The maximum atomic E-state index is 13.2. The summed E-state index contributed by atoms with van der Waals surface area (Å²) in [5.41, 5.74) is 4.40. The summed E-state index contributed by atoms with van der Waals surface area (Å²) >= 11 is 1.38. The third-order valence-corrected chi connectivity index (χ3v) is 7.30. The maximum Gasteiger partial charge on any atom is 0.266 e. The van der Waals surface area contributed by atoms with Crippen molar-refractivity contribution in [1.29, 1.82) is 0 Å². The van der Waals surface area contributed by atoms with Gasteiger partial charge < -0.3 is 15.1 Å². The van der Waals surface area contributed by atoms with Crippen LogP contribution < -0.4 is 5.32 Å². The van der Waals surface area contributed by atoms with Crippen molar-refractivity contribution in [2.45, 2.75) is 6.92 Å². The molecule has 0 unspecified atom stereocenters. The van der Waals surface area contributed by atoms with E-state index in [1.807, 2.05) is 60.9 Å². The molecule has 5 rings (SSSR count). The summed E-state index contributed by atoms with van der Waals surface area (Å²) in [5.74, 6) is -0.344. The predicted octanol–water partition coefficient (Wildman–Crippen LogP) is 4.69. The minimum Gasteiger partial charge on any atom is -0.342 e. The molecule has 3 amide bonds. The third kappa shape index (κ3) is 5.58. The van der Waals surface area contributed by atoms with E-state index in [1.54, 1.807) is 21.9 Å². The first-order valence-corrected chi connectivity index (χ1v) is 12.5. The van der Waals surface area contributed by atoms with E-state index in [0.717, 1.165) is 34.1 Å². The predicted molar refractivity (Wildman–Crippen MR) is 149 cm³/mol. The molecule has 1 aliphatic heterocycles. The molecule has 190 valence electrons. The number of H-pyrrole nitrogens is 1. The van der Waals surface area contributed by atoms with Gasteiger partial charge in [-0.3, -0.25) is 19.5 Å². The summed E-state index contributed by atoms with van der Waals surface area (Å²) in [6.07, 6.45) is 4.59. The van der Waals surface area contributed by atoms with Gasteiger partial charge in [0.2, 0.25) is 6.41 Å². The van der Waals surface area contributed by atoms with Crippen LogP contribution in [0.3, 0.4) is 0 Å². The number of rotatable bonds is 6. The van der Waals surface area contributed by atoms with Crippen molar-refractivity contribution < 1.29 is 14.4 Å². The number of nitrogens with zero attached hydrogens (tertiary/aromatic N) is 3. The van der Waals surface area contributed by atoms with Gasteiger partial charge in [0, 0.05) is 42.8 Å². The second-order valence-corrected chi connectivity index (χ2v) is 9.53. The standard InChI is InChI=1S/C27H25N5O3S.ClH/c1-18-10-15-36-25(18)26(34)28-24-16-20(27(35)32-13-11-31(17-33)12-14-32)7-6-19(24)8-9-23-21-4-2-3-5-22(21)29-30-23;/h2-10,15-17H,11-14H2,1H3,(H,28,34)(H,29,30);1H/b9-8+;. The molecule has 0 aliphatic carbocycles. The highest BCUT2D eigenvalue weighted by Gasteiger charge is 2.22. The normalized spacial score (nSPS) is 13.5. The molecule has 2 N–H and O–H groups in total. The van der Waals surface area contributed by atoms with E-state index in [-0.39, 0.29) is 24.2 Å². The van der Waals surface area contributed by atoms with Crippen LogP contribution in [0.15, 0.2) is 53.9 Å². The number of hydrogen-bond donors (Lipinski definition) is 2. The lowest BCUT2D eigenvalue weighted by Crippen LogP contribution is -2.48. The van der Waals surface area contributed by atoms with E-state index >= 15 is 0 Å². The van der Waals surface area contributed by atoms with Gasteiger partial charge in [-0.25, -0.2) is 0 Å². The SMILES string of the molecule is Cc1ccsc1C(=O)Nc1cc(C(=O)N2CCN(C=O)CC2)ccc1/C=C/c1n[nH]c2ccccc12.Cl. The first-order valence-electron chi connectivity index (χ1n) is 11.6. The van der Waals surface area contributed by atoms with E-state index in [0.29, 0.717) is 42.3 Å². The number of amides is 3. The summed E-state index contributed by atoms with van der Waals surface area (Å²) < 4.78 is 0. The Morgan fingerprint density at radius 1 is 1.05 bits per heavy atom. The highest BCUT2D eigenvalue weighted by Crippen LogP contribution is 2.25. The molecule has 37 heavy (non-hydrogen) atoms. The van der Waals surface area contributed by atoms with Gasteiger partial charge in [0.1, 0.15) is 0 Å². The molecule has 3 heterocycles. The third-order valence-electron chi connectivity index (χ3n) is 6.29. The number of halogens is 1. The molecule has 1 saturated heterocycles. The lowest BCUT2D eigenvalue weighted by Gasteiger charge is -2.32. The molecule has 0 spiro atoms. The molecular formula is C27H26ClN5O3S. The Morgan fingerprint density at radius 2 is 1.84 bits per heavy atom. The lowest BCUT2D eigenvalue weighted by atomic mass is 10.1. The van der Waals surface area contributed by atoms with Gasteiger partial charge in [0.05, 0.1) is 16.1 Å². The number of hydrogen-bond acceptors (Lipinski definition) is 5. The average molecular weight is 536 g/mol. The van der Waals surface area contributed by atoms with Crippen LogP contribution in [0.25, 0.3) is 23.1 Å². The maximum absolute atomic E-state index is 13.2. The van der Waals surface area contributed by atoms with Crippen LogP contribution in [0.4, 0.5) is 5.69 Å². The number of aryl methyl sites for hydroxylation is 1. The molecule has 0 radical (unpaired) electrons. The van der Waals surface area contributed by atoms with E-state index in [1.165, 1.54) is 11.3 Å². The molecule has 4 aromatic rings.